The molecule has 0 rings (SSSR count). The number of rotatable bonds is 11. The van der Waals surface area contributed by atoms with Gasteiger partial charge in [0.2, 0.25) is 0 Å². The average Bonchev–Trinajstić information content (AvgIpc) is 2.35. The first-order valence-corrected chi connectivity index (χ1v) is 7.24. The fraction of sp³-hybridized carbons (Fsp3) is 0.929. The number of likely N-dealkylation sites (N-methyl/N-ethyl adjacent to an activating group) is 1. The Morgan fingerprint density at radius 3 is 2.50 bits per heavy atom. The molecule has 0 bridgehead atoms. The van der Waals surface area contributed by atoms with Crippen LogP contribution in [0.3, 0.4) is 0 Å². The molecular formula is C14H30N2O2. The van der Waals surface area contributed by atoms with Crippen LogP contribution < -0.4 is 5.32 Å². The first kappa shape index (κ1) is 17.4. The van der Waals surface area contributed by atoms with Crippen molar-refractivity contribution in [3.8, 4) is 0 Å². The van der Waals surface area contributed by atoms with E-state index in [0.29, 0.717) is 6.61 Å². The molecule has 0 aromatic rings. The second kappa shape index (κ2) is 11.5. The molecular weight excluding hydrogens is 228 g/mol. The number of hydrogen-bond donors (Lipinski definition) is 1. The molecule has 0 saturated heterocycles. The minimum absolute atomic E-state index is 0.131. The first-order chi connectivity index (χ1) is 8.65. The molecule has 0 aliphatic carbocycles. The molecule has 0 amide bonds. The highest BCUT2D eigenvalue weighted by Gasteiger charge is 2.20. The van der Waals surface area contributed by atoms with E-state index >= 15 is 0 Å². The topological polar surface area (TPSA) is 41.6 Å². The smallest absolute Gasteiger partial charge is 0.324 e. The summed E-state index contributed by atoms with van der Waals surface area (Å²) >= 11 is 0. The summed E-state index contributed by atoms with van der Waals surface area (Å²) in [5.41, 5.74) is 0. The van der Waals surface area contributed by atoms with Crippen LogP contribution >= 0.6 is 0 Å². The maximum atomic E-state index is 11.8. The van der Waals surface area contributed by atoms with Crippen LogP contribution in [0.4, 0.5) is 0 Å². The lowest BCUT2D eigenvalue weighted by atomic mass is 10.2. The molecule has 0 aliphatic rings. The van der Waals surface area contributed by atoms with Gasteiger partial charge < -0.3 is 15.0 Å². The van der Waals surface area contributed by atoms with Gasteiger partial charge in [0.15, 0.2) is 0 Å². The Hall–Kier alpha value is -0.610. The highest BCUT2D eigenvalue weighted by Crippen LogP contribution is 1.99. The summed E-state index contributed by atoms with van der Waals surface area (Å²) in [5.74, 6) is -0.131. The second-order valence-corrected chi connectivity index (χ2v) is 4.73. The molecule has 0 aromatic heterocycles. The van der Waals surface area contributed by atoms with Crippen LogP contribution in [0.25, 0.3) is 0 Å². The van der Waals surface area contributed by atoms with Crippen molar-refractivity contribution in [1.82, 2.24) is 10.2 Å². The molecule has 0 aliphatic heterocycles. The minimum atomic E-state index is -0.198. The fourth-order valence-electron chi connectivity index (χ4n) is 1.82. The van der Waals surface area contributed by atoms with Crippen LogP contribution in [0.2, 0.25) is 0 Å². The fourth-order valence-corrected chi connectivity index (χ4v) is 1.82. The van der Waals surface area contributed by atoms with E-state index in [4.69, 9.17) is 4.74 Å². The number of nitrogens with zero attached hydrogens (tertiary/aromatic N) is 1. The van der Waals surface area contributed by atoms with Crippen molar-refractivity contribution in [1.29, 1.82) is 0 Å². The van der Waals surface area contributed by atoms with Crippen LogP contribution in [0.5, 0.6) is 0 Å². The van der Waals surface area contributed by atoms with E-state index in [1.54, 1.807) is 0 Å². The number of esters is 1. The summed E-state index contributed by atoms with van der Waals surface area (Å²) in [7, 11) is 2.06. The van der Waals surface area contributed by atoms with Crippen molar-refractivity contribution in [2.24, 2.45) is 0 Å². The van der Waals surface area contributed by atoms with Gasteiger partial charge in [-0.25, -0.2) is 0 Å². The van der Waals surface area contributed by atoms with Crippen LogP contribution in [-0.4, -0.2) is 50.2 Å². The summed E-state index contributed by atoms with van der Waals surface area (Å²) in [6.45, 7) is 9.21. The average molecular weight is 258 g/mol. The van der Waals surface area contributed by atoms with E-state index in [2.05, 4.69) is 31.1 Å². The maximum Gasteiger partial charge on any atom is 0.324 e. The Balaban J connectivity index is 4.08. The van der Waals surface area contributed by atoms with Crippen LogP contribution in [-0.2, 0) is 9.53 Å². The Morgan fingerprint density at radius 2 is 1.94 bits per heavy atom. The first-order valence-electron chi connectivity index (χ1n) is 7.24. The number of nitrogens with one attached hydrogen (secondary N) is 1. The second-order valence-electron chi connectivity index (χ2n) is 4.73. The van der Waals surface area contributed by atoms with Gasteiger partial charge >= 0.3 is 5.97 Å². The standard InChI is InChI=1S/C14H30N2O2/c1-5-8-9-11-16(4)12-13(15-10-6-2)14(17)18-7-3/h13,15H,5-12H2,1-4H3. The Bertz CT molecular complexity index is 210. The van der Waals surface area contributed by atoms with Crippen molar-refractivity contribution in [3.05, 3.63) is 0 Å². The highest BCUT2D eigenvalue weighted by atomic mass is 16.5. The Labute approximate surface area is 112 Å². The van der Waals surface area contributed by atoms with Crippen molar-refractivity contribution in [2.45, 2.75) is 52.5 Å². The van der Waals surface area contributed by atoms with E-state index < -0.39 is 0 Å². The zero-order chi connectivity index (χ0) is 13.8. The van der Waals surface area contributed by atoms with Gasteiger partial charge in [0.1, 0.15) is 6.04 Å². The van der Waals surface area contributed by atoms with Gasteiger partial charge in [0.05, 0.1) is 6.61 Å². The third-order valence-corrected chi connectivity index (χ3v) is 2.85. The lowest BCUT2D eigenvalue weighted by Crippen LogP contribution is -2.46. The van der Waals surface area contributed by atoms with Crippen molar-refractivity contribution in [3.63, 3.8) is 0 Å². The van der Waals surface area contributed by atoms with Gasteiger partial charge in [-0.3, -0.25) is 4.79 Å². The number of hydrogen-bond acceptors (Lipinski definition) is 4. The largest absolute Gasteiger partial charge is 0.465 e. The van der Waals surface area contributed by atoms with Gasteiger partial charge in [-0.1, -0.05) is 26.7 Å². The van der Waals surface area contributed by atoms with Gasteiger partial charge in [0, 0.05) is 6.54 Å². The van der Waals surface area contributed by atoms with E-state index in [1.165, 1.54) is 19.3 Å². The highest BCUT2D eigenvalue weighted by molar-refractivity contribution is 5.76. The summed E-state index contributed by atoms with van der Waals surface area (Å²) in [5, 5.41) is 3.26. The summed E-state index contributed by atoms with van der Waals surface area (Å²) in [4.78, 5) is 14.0. The maximum absolute atomic E-state index is 11.8. The molecule has 1 atom stereocenters. The molecule has 18 heavy (non-hydrogen) atoms. The van der Waals surface area contributed by atoms with E-state index in [0.717, 1.165) is 26.1 Å². The van der Waals surface area contributed by atoms with E-state index in [9.17, 15) is 4.79 Å². The van der Waals surface area contributed by atoms with Gasteiger partial charge in [-0.05, 0) is 39.9 Å². The molecule has 1 unspecified atom stereocenters. The number of carbonyl (C=O) groups is 1. The molecule has 4 heteroatoms. The molecule has 0 aromatic carbocycles. The molecule has 108 valence electrons. The SMILES string of the molecule is CCCCCN(C)CC(NCCC)C(=O)OCC. The number of ether oxygens (including phenoxy) is 1. The van der Waals surface area contributed by atoms with Crippen molar-refractivity contribution in [2.75, 3.05) is 33.3 Å². The Kier molecular flexibility index (Phi) is 11.1. The summed E-state index contributed by atoms with van der Waals surface area (Å²) in [6.07, 6.45) is 4.69. The zero-order valence-electron chi connectivity index (χ0n) is 12.5. The third kappa shape index (κ3) is 8.48. The lowest BCUT2D eigenvalue weighted by Gasteiger charge is -2.23. The lowest BCUT2D eigenvalue weighted by molar-refractivity contribution is -0.146. The molecule has 0 saturated carbocycles. The number of unbranched alkanes of at least 4 members (excludes halogenated alkanes) is 2. The molecule has 0 fully saturated rings. The predicted molar refractivity (Wildman–Crippen MR) is 75.7 cm³/mol. The predicted octanol–water partition coefficient (Wildman–Crippen LogP) is 2.04. The van der Waals surface area contributed by atoms with Crippen molar-refractivity contribution < 1.29 is 9.53 Å². The van der Waals surface area contributed by atoms with Crippen molar-refractivity contribution >= 4 is 5.97 Å². The van der Waals surface area contributed by atoms with Gasteiger partial charge in [-0.2, -0.15) is 0 Å². The van der Waals surface area contributed by atoms with Crippen LogP contribution in [0.15, 0.2) is 0 Å². The van der Waals surface area contributed by atoms with Crippen LogP contribution in [0.1, 0.15) is 46.5 Å². The van der Waals surface area contributed by atoms with E-state index in [-0.39, 0.29) is 12.0 Å². The molecule has 0 spiro atoms. The zero-order valence-corrected chi connectivity index (χ0v) is 12.5. The normalized spacial score (nSPS) is 12.7. The third-order valence-electron chi connectivity index (χ3n) is 2.85. The Morgan fingerprint density at radius 1 is 1.22 bits per heavy atom. The van der Waals surface area contributed by atoms with Gasteiger partial charge in [-0.15, -0.1) is 0 Å². The van der Waals surface area contributed by atoms with Crippen LogP contribution in [0, 0.1) is 0 Å². The number of carbonyl (C=O) groups excluding carboxylic acids is 1. The molecule has 0 heterocycles. The monoisotopic (exact) mass is 258 g/mol. The van der Waals surface area contributed by atoms with E-state index in [1.807, 2.05) is 6.92 Å². The minimum Gasteiger partial charge on any atom is -0.465 e. The molecule has 0 radical (unpaired) electrons. The molecule has 1 N–H and O–H groups in total. The summed E-state index contributed by atoms with van der Waals surface area (Å²) < 4.78 is 5.10. The molecule has 4 nitrogen and oxygen atoms in total. The quantitative estimate of drug-likeness (QED) is 0.455. The van der Waals surface area contributed by atoms with Gasteiger partial charge in [0.25, 0.3) is 0 Å². The summed E-state index contributed by atoms with van der Waals surface area (Å²) in [6, 6.07) is -0.198.